The number of aromatic nitrogens is 3. The Morgan fingerprint density at radius 1 is 1.32 bits per heavy atom. The van der Waals surface area contributed by atoms with Gasteiger partial charge in [0.15, 0.2) is 0 Å². The molecule has 1 N–H and O–H groups in total. The molecule has 3 aliphatic rings. The van der Waals surface area contributed by atoms with Crippen LogP contribution in [-0.2, 0) is 4.74 Å². The zero-order valence-corrected chi connectivity index (χ0v) is 21.6. The van der Waals surface area contributed by atoms with Gasteiger partial charge in [-0.25, -0.2) is 14.5 Å². The second-order valence-electron chi connectivity index (χ2n) is 9.41. The third-order valence-corrected chi connectivity index (χ3v) is 7.06. The van der Waals surface area contributed by atoms with Crippen molar-refractivity contribution in [1.82, 2.24) is 19.5 Å². The number of ether oxygens (including phenoxy) is 1. The molecule has 3 aromatic rings. The number of anilines is 2. The average Bonchev–Trinajstić information content (AvgIpc) is 3.35. The standard InChI is InChI=1S/C28H32N8O/c1-5-27(37-4)32-12-19(3)15-35-23-10-24(35)18-34(17-23)26-8-7-20(13-31-26)25-9-22(30-6-2)16-36-28(25)21(11-29)14-33-36/h5,7-9,12-14,16,23-24,30H,3,6,10,15,17-18H2,1-2,4H3/b27-5+,32-12-. The zero-order chi connectivity index (χ0) is 25.9. The lowest BCUT2D eigenvalue weighted by molar-refractivity contribution is 0.00945. The molecule has 2 bridgehead atoms. The van der Waals surface area contributed by atoms with Gasteiger partial charge in [0.2, 0.25) is 5.88 Å². The molecule has 0 amide bonds. The van der Waals surface area contributed by atoms with E-state index in [1.54, 1.807) is 24.0 Å². The molecular weight excluding hydrogens is 464 g/mol. The molecule has 2 unspecified atom stereocenters. The maximum atomic E-state index is 9.60. The number of allylic oxidation sites excluding steroid dienone is 1. The van der Waals surface area contributed by atoms with Crippen LogP contribution in [0.15, 0.2) is 65.9 Å². The molecule has 3 saturated heterocycles. The highest BCUT2D eigenvalue weighted by molar-refractivity contribution is 5.86. The van der Waals surface area contributed by atoms with Crippen LogP contribution < -0.4 is 10.2 Å². The van der Waals surface area contributed by atoms with Gasteiger partial charge in [-0.2, -0.15) is 10.4 Å². The van der Waals surface area contributed by atoms with Gasteiger partial charge in [-0.3, -0.25) is 4.90 Å². The molecule has 0 spiro atoms. The molecule has 3 aromatic heterocycles. The number of nitriles is 1. The number of piperazine rings is 1. The summed E-state index contributed by atoms with van der Waals surface area (Å²) in [5.74, 6) is 1.57. The highest BCUT2D eigenvalue weighted by Crippen LogP contribution is 2.35. The van der Waals surface area contributed by atoms with Crippen molar-refractivity contribution in [2.45, 2.75) is 32.4 Å². The molecule has 9 nitrogen and oxygen atoms in total. The second-order valence-corrected chi connectivity index (χ2v) is 9.41. The third kappa shape index (κ3) is 4.80. The van der Waals surface area contributed by atoms with Crippen LogP contribution in [0.4, 0.5) is 11.5 Å². The minimum atomic E-state index is 0.482. The summed E-state index contributed by atoms with van der Waals surface area (Å²) < 4.78 is 6.95. The first kappa shape index (κ1) is 24.5. The van der Waals surface area contributed by atoms with E-state index >= 15 is 0 Å². The number of piperidine rings is 1. The topological polar surface area (TPSA) is 94.1 Å². The molecule has 3 fully saturated rings. The molecule has 0 aliphatic carbocycles. The van der Waals surface area contributed by atoms with Gasteiger partial charge in [-0.05, 0) is 50.1 Å². The number of nitrogens with one attached hydrogen (secondary N) is 1. The minimum Gasteiger partial charge on any atom is -0.481 e. The lowest BCUT2D eigenvalue weighted by Crippen LogP contribution is -2.69. The van der Waals surface area contributed by atoms with Crippen molar-refractivity contribution in [2.24, 2.45) is 4.99 Å². The van der Waals surface area contributed by atoms with Crippen LogP contribution in [0, 0.1) is 11.3 Å². The number of fused-ring (bicyclic) bond motifs is 3. The number of hydrogen-bond acceptors (Lipinski definition) is 8. The molecule has 6 heterocycles. The normalized spacial score (nSPS) is 19.6. The molecule has 0 radical (unpaired) electrons. The number of nitrogens with zero attached hydrogens (tertiary/aromatic N) is 7. The molecule has 0 saturated carbocycles. The van der Waals surface area contributed by atoms with Crippen LogP contribution in [0.2, 0.25) is 0 Å². The monoisotopic (exact) mass is 496 g/mol. The van der Waals surface area contributed by atoms with Crippen molar-refractivity contribution in [3.05, 3.63) is 66.5 Å². The molecule has 37 heavy (non-hydrogen) atoms. The summed E-state index contributed by atoms with van der Waals surface area (Å²) in [5.41, 5.74) is 5.17. The Balaban J connectivity index is 1.29. The summed E-state index contributed by atoms with van der Waals surface area (Å²) in [5, 5.41) is 17.3. The van der Waals surface area contributed by atoms with Gasteiger partial charge < -0.3 is 15.0 Å². The van der Waals surface area contributed by atoms with Gasteiger partial charge in [0.1, 0.15) is 11.9 Å². The quantitative estimate of drug-likeness (QED) is 0.352. The molecule has 0 aromatic carbocycles. The van der Waals surface area contributed by atoms with Gasteiger partial charge in [-0.1, -0.05) is 6.58 Å². The highest BCUT2D eigenvalue weighted by atomic mass is 16.5. The third-order valence-electron chi connectivity index (χ3n) is 7.06. The van der Waals surface area contributed by atoms with E-state index in [0.717, 1.165) is 59.9 Å². The van der Waals surface area contributed by atoms with Crippen molar-refractivity contribution < 1.29 is 4.74 Å². The van der Waals surface area contributed by atoms with Crippen molar-refractivity contribution in [1.29, 1.82) is 5.26 Å². The van der Waals surface area contributed by atoms with Crippen molar-refractivity contribution in [2.75, 3.05) is 43.5 Å². The van der Waals surface area contributed by atoms with Crippen LogP contribution in [-0.4, -0.2) is 71.1 Å². The molecule has 6 rings (SSSR count). The minimum absolute atomic E-state index is 0.482. The van der Waals surface area contributed by atoms with Gasteiger partial charge in [-0.15, -0.1) is 0 Å². The van der Waals surface area contributed by atoms with Crippen LogP contribution in [0.1, 0.15) is 25.8 Å². The largest absolute Gasteiger partial charge is 0.481 e. The van der Waals surface area contributed by atoms with E-state index in [-0.39, 0.29) is 0 Å². The van der Waals surface area contributed by atoms with E-state index in [1.807, 2.05) is 25.4 Å². The van der Waals surface area contributed by atoms with Crippen LogP contribution in [0.5, 0.6) is 0 Å². The summed E-state index contributed by atoms with van der Waals surface area (Å²) in [7, 11) is 1.62. The van der Waals surface area contributed by atoms with E-state index < -0.39 is 0 Å². The number of hydrogen-bond donors (Lipinski definition) is 1. The lowest BCUT2D eigenvalue weighted by atomic mass is 9.87. The van der Waals surface area contributed by atoms with Gasteiger partial charge >= 0.3 is 0 Å². The lowest BCUT2D eigenvalue weighted by Gasteiger charge is -2.56. The van der Waals surface area contributed by atoms with E-state index in [1.165, 1.54) is 6.42 Å². The van der Waals surface area contributed by atoms with Crippen LogP contribution in [0.25, 0.3) is 16.6 Å². The van der Waals surface area contributed by atoms with E-state index in [0.29, 0.717) is 23.5 Å². The van der Waals surface area contributed by atoms with Gasteiger partial charge in [0.05, 0.1) is 36.3 Å². The molecular formula is C28H32N8O. The SMILES string of the molecule is C=C(/C=N\C(=C/C)OC)CN1C2CC1CN(c1ccc(-c3cc(NCC)cn4ncc(C#N)c34)cn1)C2. The summed E-state index contributed by atoms with van der Waals surface area (Å²) in [4.78, 5) is 14.0. The highest BCUT2D eigenvalue weighted by Gasteiger charge is 2.44. The van der Waals surface area contributed by atoms with Crippen molar-refractivity contribution in [3.63, 3.8) is 0 Å². The van der Waals surface area contributed by atoms with Crippen LogP contribution >= 0.6 is 0 Å². The average molecular weight is 497 g/mol. The predicted octanol–water partition coefficient (Wildman–Crippen LogP) is 4.10. The Kier molecular flexibility index (Phi) is 6.93. The molecule has 9 heteroatoms. The summed E-state index contributed by atoms with van der Waals surface area (Å²) >= 11 is 0. The predicted molar refractivity (Wildman–Crippen MR) is 147 cm³/mol. The fourth-order valence-corrected chi connectivity index (χ4v) is 5.26. The van der Waals surface area contributed by atoms with E-state index in [2.05, 4.69) is 63.0 Å². The molecule has 3 aliphatic heterocycles. The van der Waals surface area contributed by atoms with E-state index in [4.69, 9.17) is 9.72 Å². The van der Waals surface area contributed by atoms with Crippen molar-refractivity contribution >= 4 is 23.2 Å². The second kappa shape index (κ2) is 10.4. The van der Waals surface area contributed by atoms with Gasteiger partial charge in [0, 0.05) is 61.8 Å². The van der Waals surface area contributed by atoms with Crippen LogP contribution in [0.3, 0.4) is 0 Å². The number of aliphatic imine (C=N–C) groups is 1. The first-order valence-corrected chi connectivity index (χ1v) is 12.6. The van der Waals surface area contributed by atoms with Crippen molar-refractivity contribution in [3.8, 4) is 17.2 Å². The fourth-order valence-electron chi connectivity index (χ4n) is 5.26. The first-order valence-electron chi connectivity index (χ1n) is 12.6. The molecule has 2 atom stereocenters. The Labute approximate surface area is 217 Å². The Hall–Kier alpha value is -4.16. The summed E-state index contributed by atoms with van der Waals surface area (Å²) in [6.45, 7) is 11.6. The Morgan fingerprint density at radius 3 is 2.78 bits per heavy atom. The maximum absolute atomic E-state index is 9.60. The smallest absolute Gasteiger partial charge is 0.208 e. The number of rotatable bonds is 9. The first-order chi connectivity index (χ1) is 18.0. The van der Waals surface area contributed by atoms with E-state index in [9.17, 15) is 5.26 Å². The summed E-state index contributed by atoms with van der Waals surface area (Å²) in [6, 6.07) is 9.46. The Morgan fingerprint density at radius 2 is 2.14 bits per heavy atom. The number of methoxy groups -OCH3 is 1. The Bertz CT molecular complexity index is 1390. The summed E-state index contributed by atoms with van der Waals surface area (Å²) in [6.07, 6.45) is 10.3. The molecule has 190 valence electrons. The number of pyridine rings is 2. The van der Waals surface area contributed by atoms with Gasteiger partial charge in [0.25, 0.3) is 0 Å². The maximum Gasteiger partial charge on any atom is 0.208 e. The zero-order valence-electron chi connectivity index (χ0n) is 21.6. The fraction of sp³-hybridized carbons (Fsp3) is 0.357.